The maximum atomic E-state index is 11.8. The lowest BCUT2D eigenvalue weighted by Crippen LogP contribution is -2.41. The van der Waals surface area contributed by atoms with Crippen LogP contribution in [0.2, 0.25) is 0 Å². The molecule has 2 N–H and O–H groups in total. The van der Waals surface area contributed by atoms with Gasteiger partial charge in [0.2, 0.25) is 5.91 Å². The van der Waals surface area contributed by atoms with Crippen molar-refractivity contribution in [2.45, 2.75) is 51.6 Å². The lowest BCUT2D eigenvalue weighted by molar-refractivity contribution is -0.152. The Kier molecular flexibility index (Phi) is 6.72. The first-order valence-electron chi connectivity index (χ1n) is 8.23. The number of pyridine rings is 1. The molecule has 0 saturated heterocycles. The quantitative estimate of drug-likeness (QED) is 0.632. The highest BCUT2D eigenvalue weighted by Crippen LogP contribution is 2.25. The number of hydrazine groups is 1. The summed E-state index contributed by atoms with van der Waals surface area (Å²) in [4.78, 5) is 39.0. The van der Waals surface area contributed by atoms with E-state index in [4.69, 9.17) is 4.74 Å². The highest BCUT2D eigenvalue weighted by atomic mass is 16.5. The molecule has 0 radical (unpaired) electrons. The fraction of sp³-hybridized carbons (Fsp3) is 0.529. The van der Waals surface area contributed by atoms with E-state index in [1.54, 1.807) is 18.3 Å². The summed E-state index contributed by atoms with van der Waals surface area (Å²) in [5, 5.41) is 0. The van der Waals surface area contributed by atoms with Gasteiger partial charge in [-0.25, -0.2) is 0 Å². The summed E-state index contributed by atoms with van der Waals surface area (Å²) in [6.07, 6.45) is 6.90. The summed E-state index contributed by atoms with van der Waals surface area (Å²) in [7, 11) is 0. The number of hydrogen-bond acceptors (Lipinski definition) is 5. The molecule has 1 heterocycles. The van der Waals surface area contributed by atoms with Gasteiger partial charge in [-0.3, -0.25) is 30.2 Å². The molecule has 7 nitrogen and oxygen atoms in total. The molecular weight excluding hydrogens is 310 g/mol. The zero-order valence-corrected chi connectivity index (χ0v) is 13.8. The third-order valence-electron chi connectivity index (χ3n) is 3.98. The number of carbonyl (C=O) groups excluding carboxylic acids is 3. The van der Waals surface area contributed by atoms with Crippen molar-refractivity contribution in [1.29, 1.82) is 0 Å². The van der Waals surface area contributed by atoms with Crippen LogP contribution in [0.4, 0.5) is 0 Å². The fourth-order valence-corrected chi connectivity index (χ4v) is 2.70. The summed E-state index contributed by atoms with van der Waals surface area (Å²) < 4.78 is 5.39. The van der Waals surface area contributed by atoms with Gasteiger partial charge in [0.15, 0.2) is 0 Å². The van der Waals surface area contributed by atoms with Gasteiger partial charge < -0.3 is 4.74 Å². The van der Waals surface area contributed by atoms with Gasteiger partial charge in [0, 0.05) is 18.8 Å². The van der Waals surface area contributed by atoms with Crippen molar-refractivity contribution in [1.82, 2.24) is 15.8 Å². The van der Waals surface area contributed by atoms with Crippen LogP contribution in [0, 0.1) is 5.92 Å². The van der Waals surface area contributed by atoms with E-state index < -0.39 is 11.8 Å². The Morgan fingerprint density at radius 3 is 2.79 bits per heavy atom. The second-order valence-corrected chi connectivity index (χ2v) is 6.13. The number of nitrogens with one attached hydrogen (secondary N) is 2. The number of hydrogen-bond donors (Lipinski definition) is 2. The Balaban J connectivity index is 1.64. The summed E-state index contributed by atoms with van der Waals surface area (Å²) in [6, 6.07) is 3.20. The van der Waals surface area contributed by atoms with Crippen LogP contribution in [0.3, 0.4) is 0 Å². The highest BCUT2D eigenvalue weighted by molar-refractivity contribution is 5.95. The summed E-state index contributed by atoms with van der Waals surface area (Å²) in [6.45, 7) is 2.15. The van der Waals surface area contributed by atoms with Gasteiger partial charge in [-0.05, 0) is 37.3 Å². The predicted octanol–water partition coefficient (Wildman–Crippen LogP) is 1.74. The number of amides is 2. The SMILES string of the molecule is CC1CCCC(OC(=O)CCC(=O)NNC(=O)c2cccnc2)C1. The number of ether oxygens (including phenoxy) is 1. The molecule has 7 heteroatoms. The van der Waals surface area contributed by atoms with E-state index >= 15 is 0 Å². The van der Waals surface area contributed by atoms with Crippen LogP contribution >= 0.6 is 0 Å². The van der Waals surface area contributed by atoms with Gasteiger partial charge in [-0.15, -0.1) is 0 Å². The molecular formula is C17H23N3O4. The van der Waals surface area contributed by atoms with Crippen LogP contribution in [-0.4, -0.2) is 28.9 Å². The molecule has 0 aliphatic heterocycles. The third-order valence-corrected chi connectivity index (χ3v) is 3.98. The van der Waals surface area contributed by atoms with Crippen molar-refractivity contribution in [3.63, 3.8) is 0 Å². The Labute approximate surface area is 141 Å². The van der Waals surface area contributed by atoms with Crippen molar-refractivity contribution in [3.8, 4) is 0 Å². The molecule has 0 spiro atoms. The predicted molar refractivity (Wildman–Crippen MR) is 86.6 cm³/mol. The molecule has 1 aliphatic carbocycles. The van der Waals surface area contributed by atoms with E-state index in [1.165, 1.54) is 12.6 Å². The Hall–Kier alpha value is -2.44. The van der Waals surface area contributed by atoms with Gasteiger partial charge in [-0.1, -0.05) is 13.3 Å². The average molecular weight is 333 g/mol. The molecule has 1 aliphatic rings. The van der Waals surface area contributed by atoms with E-state index in [0.717, 1.165) is 19.3 Å². The maximum absolute atomic E-state index is 11.8. The maximum Gasteiger partial charge on any atom is 0.306 e. The molecule has 130 valence electrons. The van der Waals surface area contributed by atoms with Crippen molar-refractivity contribution in [2.24, 2.45) is 5.92 Å². The van der Waals surface area contributed by atoms with Gasteiger partial charge in [0.05, 0.1) is 12.0 Å². The minimum absolute atomic E-state index is 0.000519. The van der Waals surface area contributed by atoms with Crippen LogP contribution in [0.5, 0.6) is 0 Å². The second kappa shape index (κ2) is 9.00. The molecule has 1 fully saturated rings. The lowest BCUT2D eigenvalue weighted by Gasteiger charge is -2.26. The standard InChI is InChI=1S/C17H23N3O4/c1-12-4-2-6-14(10-12)24-16(22)8-7-15(21)19-20-17(23)13-5-3-9-18-11-13/h3,5,9,11-12,14H,2,4,6-8,10H2,1H3,(H,19,21)(H,20,23). The first-order chi connectivity index (χ1) is 11.5. The molecule has 1 aromatic rings. The van der Waals surface area contributed by atoms with Crippen LogP contribution in [0.15, 0.2) is 24.5 Å². The Bertz CT molecular complexity index is 576. The van der Waals surface area contributed by atoms with Crippen molar-refractivity contribution < 1.29 is 19.1 Å². The van der Waals surface area contributed by atoms with Crippen molar-refractivity contribution >= 4 is 17.8 Å². The zero-order chi connectivity index (χ0) is 17.4. The first-order valence-corrected chi connectivity index (χ1v) is 8.23. The van der Waals surface area contributed by atoms with Crippen LogP contribution in [0.1, 0.15) is 55.8 Å². The summed E-state index contributed by atoms with van der Waals surface area (Å²) >= 11 is 0. The molecule has 24 heavy (non-hydrogen) atoms. The molecule has 2 rings (SSSR count). The minimum atomic E-state index is -0.463. The molecule has 1 saturated carbocycles. The molecule has 2 unspecified atom stereocenters. The normalized spacial score (nSPS) is 20.0. The largest absolute Gasteiger partial charge is 0.462 e. The van der Waals surface area contributed by atoms with Crippen LogP contribution < -0.4 is 10.9 Å². The van der Waals surface area contributed by atoms with E-state index in [0.29, 0.717) is 11.5 Å². The molecule has 1 aromatic heterocycles. The molecule has 2 amide bonds. The highest BCUT2D eigenvalue weighted by Gasteiger charge is 2.22. The third kappa shape index (κ3) is 5.98. The summed E-state index contributed by atoms with van der Waals surface area (Å²) in [5.74, 6) is -0.707. The van der Waals surface area contributed by atoms with Crippen LogP contribution in [0.25, 0.3) is 0 Å². The second-order valence-electron chi connectivity index (χ2n) is 6.13. The minimum Gasteiger partial charge on any atom is -0.462 e. The smallest absolute Gasteiger partial charge is 0.306 e. The Morgan fingerprint density at radius 2 is 2.08 bits per heavy atom. The van der Waals surface area contributed by atoms with E-state index in [9.17, 15) is 14.4 Å². The number of esters is 1. The number of nitrogens with zero attached hydrogens (tertiary/aromatic N) is 1. The average Bonchev–Trinajstić information content (AvgIpc) is 2.58. The van der Waals surface area contributed by atoms with Crippen molar-refractivity contribution in [2.75, 3.05) is 0 Å². The van der Waals surface area contributed by atoms with Crippen LogP contribution in [-0.2, 0) is 14.3 Å². The fourth-order valence-electron chi connectivity index (χ4n) is 2.70. The molecule has 0 bridgehead atoms. The number of rotatable bonds is 5. The first kappa shape index (κ1) is 17.9. The Morgan fingerprint density at radius 1 is 1.25 bits per heavy atom. The van der Waals surface area contributed by atoms with Gasteiger partial charge in [-0.2, -0.15) is 0 Å². The number of aromatic nitrogens is 1. The topological polar surface area (TPSA) is 97.4 Å². The van der Waals surface area contributed by atoms with E-state index in [2.05, 4.69) is 22.8 Å². The lowest BCUT2D eigenvalue weighted by atomic mass is 9.89. The molecule has 0 aromatic carbocycles. The van der Waals surface area contributed by atoms with Crippen molar-refractivity contribution in [3.05, 3.63) is 30.1 Å². The van der Waals surface area contributed by atoms with Gasteiger partial charge >= 0.3 is 5.97 Å². The van der Waals surface area contributed by atoms with E-state index in [1.807, 2.05) is 0 Å². The number of carbonyl (C=O) groups is 3. The van der Waals surface area contributed by atoms with Gasteiger partial charge in [0.1, 0.15) is 6.10 Å². The monoisotopic (exact) mass is 333 g/mol. The van der Waals surface area contributed by atoms with Gasteiger partial charge in [0.25, 0.3) is 5.91 Å². The molecule has 2 atom stereocenters. The van der Waals surface area contributed by atoms with E-state index in [-0.39, 0.29) is 24.9 Å². The summed E-state index contributed by atoms with van der Waals surface area (Å²) in [5.41, 5.74) is 4.89. The zero-order valence-electron chi connectivity index (χ0n) is 13.8.